The fourth-order valence-electron chi connectivity index (χ4n) is 2.84. The van der Waals surface area contributed by atoms with Crippen molar-refractivity contribution in [3.63, 3.8) is 0 Å². The Kier molecular flexibility index (Phi) is 3.82. The van der Waals surface area contributed by atoms with Crippen LogP contribution in [0.2, 0.25) is 0 Å². The zero-order valence-electron chi connectivity index (χ0n) is 10.5. The normalized spacial score (nSPS) is 18.6. The molecule has 0 unspecified atom stereocenters. The number of benzene rings is 1. The molecule has 2 rings (SSSR count). The van der Waals surface area contributed by atoms with Crippen molar-refractivity contribution in [3.8, 4) is 0 Å². The summed E-state index contributed by atoms with van der Waals surface area (Å²) in [5, 5.41) is 8.25. The fourth-order valence-corrected chi connectivity index (χ4v) is 2.84. The molecule has 2 heteroatoms. The first-order valence-corrected chi connectivity index (χ1v) is 6.57. The van der Waals surface area contributed by atoms with Crippen LogP contribution in [-0.2, 0) is 10.2 Å². The van der Waals surface area contributed by atoms with Crippen LogP contribution in [0.5, 0.6) is 0 Å². The molecule has 0 saturated heterocycles. The second-order valence-electron chi connectivity index (χ2n) is 4.77. The van der Waals surface area contributed by atoms with Crippen LogP contribution in [0.15, 0.2) is 30.3 Å². The third kappa shape index (κ3) is 2.36. The molecule has 1 N–H and O–H groups in total. The van der Waals surface area contributed by atoms with Gasteiger partial charge in [-0.3, -0.25) is 5.41 Å². The monoisotopic (exact) mass is 231 g/mol. The van der Waals surface area contributed by atoms with Gasteiger partial charge in [0.25, 0.3) is 0 Å². The predicted molar refractivity (Wildman–Crippen MR) is 70.6 cm³/mol. The van der Waals surface area contributed by atoms with Crippen molar-refractivity contribution in [1.29, 1.82) is 5.41 Å². The van der Waals surface area contributed by atoms with Gasteiger partial charge in [0, 0.05) is 0 Å². The Morgan fingerprint density at radius 2 is 1.82 bits per heavy atom. The Morgan fingerprint density at radius 3 is 2.41 bits per heavy atom. The molecule has 1 aromatic carbocycles. The van der Waals surface area contributed by atoms with Gasteiger partial charge in [-0.2, -0.15) is 0 Å². The summed E-state index contributed by atoms with van der Waals surface area (Å²) >= 11 is 0. The highest BCUT2D eigenvalue weighted by atomic mass is 16.5. The number of hydrogen-bond acceptors (Lipinski definition) is 2. The summed E-state index contributed by atoms with van der Waals surface area (Å²) in [6.07, 6.45) is 5.79. The van der Waals surface area contributed by atoms with Crippen molar-refractivity contribution in [2.24, 2.45) is 0 Å². The molecule has 17 heavy (non-hydrogen) atoms. The molecule has 1 saturated carbocycles. The zero-order valence-corrected chi connectivity index (χ0v) is 10.5. The van der Waals surface area contributed by atoms with Crippen molar-refractivity contribution < 1.29 is 4.74 Å². The smallest absolute Gasteiger partial charge is 0.191 e. The van der Waals surface area contributed by atoms with Gasteiger partial charge in [0.15, 0.2) is 5.90 Å². The van der Waals surface area contributed by atoms with E-state index in [4.69, 9.17) is 10.1 Å². The Morgan fingerprint density at radius 1 is 1.18 bits per heavy atom. The third-order valence-electron chi connectivity index (χ3n) is 3.76. The van der Waals surface area contributed by atoms with E-state index in [2.05, 4.69) is 24.3 Å². The second kappa shape index (κ2) is 5.35. The molecule has 92 valence electrons. The van der Waals surface area contributed by atoms with E-state index in [0.717, 1.165) is 12.8 Å². The van der Waals surface area contributed by atoms with Crippen LogP contribution in [0.25, 0.3) is 0 Å². The SMILES string of the molecule is CCOC(=N)C1(c2ccccc2)CCCCC1. The van der Waals surface area contributed by atoms with Gasteiger partial charge in [-0.1, -0.05) is 49.6 Å². The van der Waals surface area contributed by atoms with Crippen LogP contribution in [0.1, 0.15) is 44.6 Å². The number of nitrogens with one attached hydrogen (secondary N) is 1. The van der Waals surface area contributed by atoms with E-state index >= 15 is 0 Å². The molecule has 0 spiro atoms. The lowest BCUT2D eigenvalue weighted by Gasteiger charge is -2.37. The van der Waals surface area contributed by atoms with Crippen molar-refractivity contribution in [1.82, 2.24) is 0 Å². The maximum atomic E-state index is 8.25. The lowest BCUT2D eigenvalue weighted by molar-refractivity contribution is 0.253. The highest BCUT2D eigenvalue weighted by Gasteiger charge is 2.39. The summed E-state index contributed by atoms with van der Waals surface area (Å²) in [6, 6.07) is 10.4. The van der Waals surface area contributed by atoms with Crippen LogP contribution < -0.4 is 0 Å². The van der Waals surface area contributed by atoms with E-state index in [-0.39, 0.29) is 5.41 Å². The maximum Gasteiger partial charge on any atom is 0.191 e. The highest BCUT2D eigenvalue weighted by Crippen LogP contribution is 2.40. The summed E-state index contributed by atoms with van der Waals surface area (Å²) in [7, 11) is 0. The first-order chi connectivity index (χ1) is 8.29. The second-order valence-corrected chi connectivity index (χ2v) is 4.77. The molecule has 1 aliphatic carbocycles. The van der Waals surface area contributed by atoms with E-state index in [1.54, 1.807) is 0 Å². The van der Waals surface area contributed by atoms with Crippen LogP contribution in [0.4, 0.5) is 0 Å². The van der Waals surface area contributed by atoms with E-state index < -0.39 is 0 Å². The molecule has 0 aliphatic heterocycles. The molecule has 0 atom stereocenters. The minimum atomic E-state index is -0.157. The van der Waals surface area contributed by atoms with Crippen molar-refractivity contribution >= 4 is 5.90 Å². The molecular formula is C15H21NO. The molecule has 0 heterocycles. The van der Waals surface area contributed by atoms with Gasteiger partial charge in [0.1, 0.15) is 0 Å². The van der Waals surface area contributed by atoms with Gasteiger partial charge in [-0.25, -0.2) is 0 Å². The Labute approximate surface area is 104 Å². The lowest BCUT2D eigenvalue weighted by Crippen LogP contribution is -2.39. The van der Waals surface area contributed by atoms with Crippen molar-refractivity contribution in [3.05, 3.63) is 35.9 Å². The van der Waals surface area contributed by atoms with Crippen LogP contribution >= 0.6 is 0 Å². The third-order valence-corrected chi connectivity index (χ3v) is 3.76. The van der Waals surface area contributed by atoms with Crippen LogP contribution in [0, 0.1) is 5.41 Å². The van der Waals surface area contributed by atoms with Gasteiger partial charge < -0.3 is 4.74 Å². The van der Waals surface area contributed by atoms with Crippen LogP contribution in [-0.4, -0.2) is 12.5 Å². The first-order valence-electron chi connectivity index (χ1n) is 6.57. The molecule has 0 amide bonds. The topological polar surface area (TPSA) is 33.1 Å². The lowest BCUT2D eigenvalue weighted by atomic mass is 9.69. The first kappa shape index (κ1) is 12.2. The quantitative estimate of drug-likeness (QED) is 0.621. The van der Waals surface area contributed by atoms with Gasteiger partial charge in [0.2, 0.25) is 0 Å². The molecule has 1 aliphatic rings. The van der Waals surface area contributed by atoms with Gasteiger partial charge in [-0.15, -0.1) is 0 Å². The minimum absolute atomic E-state index is 0.157. The largest absolute Gasteiger partial charge is 0.481 e. The minimum Gasteiger partial charge on any atom is -0.481 e. The average molecular weight is 231 g/mol. The summed E-state index contributed by atoms with van der Waals surface area (Å²) in [4.78, 5) is 0. The Balaban J connectivity index is 2.33. The predicted octanol–water partition coefficient (Wildman–Crippen LogP) is 3.90. The summed E-state index contributed by atoms with van der Waals surface area (Å²) in [5.74, 6) is 0.464. The van der Waals surface area contributed by atoms with E-state index in [0.29, 0.717) is 12.5 Å². The zero-order chi connectivity index (χ0) is 12.1. The van der Waals surface area contributed by atoms with Crippen molar-refractivity contribution in [2.45, 2.75) is 44.4 Å². The van der Waals surface area contributed by atoms with Crippen LogP contribution in [0.3, 0.4) is 0 Å². The molecule has 0 radical (unpaired) electrons. The average Bonchev–Trinajstić information content (AvgIpc) is 2.41. The van der Waals surface area contributed by atoms with Crippen molar-refractivity contribution in [2.75, 3.05) is 6.61 Å². The summed E-state index contributed by atoms with van der Waals surface area (Å²) < 4.78 is 5.52. The molecule has 1 aromatic rings. The summed E-state index contributed by atoms with van der Waals surface area (Å²) in [5.41, 5.74) is 1.09. The molecule has 2 nitrogen and oxygen atoms in total. The van der Waals surface area contributed by atoms with E-state index in [1.165, 1.54) is 24.8 Å². The number of rotatable bonds is 3. The number of ether oxygens (including phenoxy) is 1. The van der Waals surface area contributed by atoms with E-state index in [9.17, 15) is 0 Å². The highest BCUT2D eigenvalue weighted by molar-refractivity contribution is 5.85. The van der Waals surface area contributed by atoms with E-state index in [1.807, 2.05) is 13.0 Å². The summed E-state index contributed by atoms with van der Waals surface area (Å²) in [6.45, 7) is 2.55. The molecule has 0 aromatic heterocycles. The number of hydrogen-bond donors (Lipinski definition) is 1. The van der Waals surface area contributed by atoms with Gasteiger partial charge in [-0.05, 0) is 25.3 Å². The fraction of sp³-hybridized carbons (Fsp3) is 0.533. The van der Waals surface area contributed by atoms with Gasteiger partial charge in [0.05, 0.1) is 12.0 Å². The Bertz CT molecular complexity index is 366. The standard InChI is InChI=1S/C15H21NO/c1-2-17-14(16)15(11-7-4-8-12-15)13-9-5-3-6-10-13/h3,5-6,9-10,16H,2,4,7-8,11-12H2,1H3. The molecule has 0 bridgehead atoms. The molecule has 1 fully saturated rings. The maximum absolute atomic E-state index is 8.25. The molecular weight excluding hydrogens is 210 g/mol. The van der Waals surface area contributed by atoms with Gasteiger partial charge >= 0.3 is 0 Å². The Hall–Kier alpha value is -1.31.